The minimum atomic E-state index is 0.779. The summed E-state index contributed by atoms with van der Waals surface area (Å²) in [6.45, 7) is 3.37. The lowest BCUT2D eigenvalue weighted by Gasteiger charge is -2.35. The fourth-order valence-electron chi connectivity index (χ4n) is 0.997. The minimum absolute atomic E-state index is 0.779. The predicted molar refractivity (Wildman–Crippen MR) is 49.7 cm³/mol. The average molecular weight is 176 g/mol. The maximum Gasteiger partial charge on any atom is 0.0917 e. The van der Waals surface area contributed by atoms with Gasteiger partial charge in [-0.3, -0.25) is 0 Å². The summed E-state index contributed by atoms with van der Waals surface area (Å²) < 4.78 is 2.01. The zero-order valence-corrected chi connectivity index (χ0v) is 7.91. The molecule has 1 saturated heterocycles. The number of rotatable bonds is 1. The highest BCUT2D eigenvalue weighted by atomic mass is 32.2. The number of thiocarbonyl (C=S) groups is 1. The van der Waals surface area contributed by atoms with Gasteiger partial charge in [0.05, 0.1) is 5.49 Å². The van der Waals surface area contributed by atoms with E-state index >= 15 is 0 Å². The SMILES string of the molecule is CC1CSN(C=S)N(C)C1. The highest BCUT2D eigenvalue weighted by molar-refractivity contribution is 7.98. The largest absolute Gasteiger partial charge is 0.245 e. The number of hydrogen-bond donors (Lipinski definition) is 0. The quantitative estimate of drug-likeness (QED) is 0.440. The lowest BCUT2D eigenvalue weighted by atomic mass is 10.2. The van der Waals surface area contributed by atoms with E-state index in [-0.39, 0.29) is 0 Å². The van der Waals surface area contributed by atoms with Crippen molar-refractivity contribution >= 4 is 29.7 Å². The van der Waals surface area contributed by atoms with Crippen molar-refractivity contribution in [2.75, 3.05) is 19.3 Å². The van der Waals surface area contributed by atoms with Crippen molar-refractivity contribution in [2.24, 2.45) is 5.92 Å². The first-order valence-corrected chi connectivity index (χ1v) is 4.74. The van der Waals surface area contributed by atoms with Crippen molar-refractivity contribution in [2.45, 2.75) is 6.92 Å². The van der Waals surface area contributed by atoms with Gasteiger partial charge >= 0.3 is 0 Å². The van der Waals surface area contributed by atoms with Crippen molar-refractivity contribution in [3.8, 4) is 0 Å². The summed E-state index contributed by atoms with van der Waals surface area (Å²) in [7, 11) is 2.06. The van der Waals surface area contributed by atoms with E-state index in [4.69, 9.17) is 12.2 Å². The molecule has 1 fully saturated rings. The highest BCUT2D eigenvalue weighted by Gasteiger charge is 2.18. The van der Waals surface area contributed by atoms with E-state index < -0.39 is 0 Å². The second kappa shape index (κ2) is 3.55. The van der Waals surface area contributed by atoms with Crippen LogP contribution in [0.3, 0.4) is 0 Å². The van der Waals surface area contributed by atoms with E-state index in [1.807, 2.05) is 4.41 Å². The molecule has 0 radical (unpaired) electrons. The Morgan fingerprint density at radius 2 is 2.40 bits per heavy atom. The molecule has 2 nitrogen and oxygen atoms in total. The minimum Gasteiger partial charge on any atom is -0.245 e. The Hall–Kier alpha value is 0.200. The Morgan fingerprint density at radius 3 is 2.90 bits per heavy atom. The van der Waals surface area contributed by atoms with Crippen LogP contribution in [0.4, 0.5) is 0 Å². The summed E-state index contributed by atoms with van der Waals surface area (Å²) in [5.41, 5.74) is 1.69. The third-order valence-electron chi connectivity index (χ3n) is 1.49. The van der Waals surface area contributed by atoms with Crippen molar-refractivity contribution in [3.63, 3.8) is 0 Å². The highest BCUT2D eigenvalue weighted by Crippen LogP contribution is 2.21. The molecule has 0 N–H and O–H groups in total. The van der Waals surface area contributed by atoms with Gasteiger partial charge in [-0.2, -0.15) is 0 Å². The van der Waals surface area contributed by atoms with Crippen molar-refractivity contribution in [1.82, 2.24) is 9.42 Å². The topological polar surface area (TPSA) is 6.48 Å². The zero-order chi connectivity index (χ0) is 7.56. The van der Waals surface area contributed by atoms with Crippen molar-refractivity contribution < 1.29 is 0 Å². The molecule has 0 saturated carbocycles. The van der Waals surface area contributed by atoms with Crippen LogP contribution in [-0.2, 0) is 0 Å². The maximum atomic E-state index is 4.83. The first-order chi connectivity index (χ1) is 4.74. The molecule has 0 amide bonds. The Kier molecular flexibility index (Phi) is 2.95. The molecule has 58 valence electrons. The van der Waals surface area contributed by atoms with Crippen LogP contribution in [0.5, 0.6) is 0 Å². The van der Waals surface area contributed by atoms with Crippen LogP contribution >= 0.6 is 24.2 Å². The summed E-state index contributed by atoms with van der Waals surface area (Å²) >= 11 is 6.61. The Morgan fingerprint density at radius 1 is 1.70 bits per heavy atom. The molecule has 1 atom stereocenters. The van der Waals surface area contributed by atoms with E-state index in [2.05, 4.69) is 19.0 Å². The molecule has 0 aromatic rings. The summed E-state index contributed by atoms with van der Waals surface area (Å²) in [5.74, 6) is 1.96. The second-order valence-electron chi connectivity index (χ2n) is 2.65. The molecule has 1 heterocycles. The van der Waals surface area contributed by atoms with Gasteiger partial charge < -0.3 is 0 Å². The molecule has 1 unspecified atom stereocenters. The molecule has 1 aliphatic rings. The maximum absolute atomic E-state index is 4.83. The molecule has 1 rings (SSSR count). The van der Waals surface area contributed by atoms with Gasteiger partial charge in [0.2, 0.25) is 0 Å². The van der Waals surface area contributed by atoms with E-state index in [0.29, 0.717) is 0 Å². The van der Waals surface area contributed by atoms with Crippen LogP contribution < -0.4 is 0 Å². The summed E-state index contributed by atoms with van der Waals surface area (Å²) in [6.07, 6.45) is 0. The van der Waals surface area contributed by atoms with E-state index in [1.165, 1.54) is 5.75 Å². The zero-order valence-electron chi connectivity index (χ0n) is 6.28. The fraction of sp³-hybridized carbons (Fsp3) is 0.833. The van der Waals surface area contributed by atoms with Crippen LogP contribution in [0.1, 0.15) is 6.92 Å². The van der Waals surface area contributed by atoms with Gasteiger partial charge in [0, 0.05) is 19.3 Å². The summed E-state index contributed by atoms with van der Waals surface area (Å²) in [4.78, 5) is 0. The molecule has 0 aromatic carbocycles. The Bertz CT molecular complexity index is 129. The van der Waals surface area contributed by atoms with E-state index in [0.717, 1.165) is 12.5 Å². The molecule has 1 aliphatic heterocycles. The van der Waals surface area contributed by atoms with Crippen molar-refractivity contribution in [3.05, 3.63) is 0 Å². The van der Waals surface area contributed by atoms with Gasteiger partial charge in [0.25, 0.3) is 0 Å². The first-order valence-electron chi connectivity index (χ1n) is 3.32. The lowest BCUT2D eigenvalue weighted by molar-refractivity contribution is 0.153. The van der Waals surface area contributed by atoms with Gasteiger partial charge in [-0.25, -0.2) is 9.42 Å². The third kappa shape index (κ3) is 1.84. The lowest BCUT2D eigenvalue weighted by Crippen LogP contribution is -2.41. The predicted octanol–water partition coefficient (Wildman–Crippen LogP) is 1.39. The summed E-state index contributed by atoms with van der Waals surface area (Å²) in [5, 5.41) is 2.14. The van der Waals surface area contributed by atoms with Gasteiger partial charge in [0.1, 0.15) is 0 Å². The number of hydrogen-bond acceptors (Lipinski definition) is 3. The molecular formula is C6H12N2S2. The average Bonchev–Trinajstić information content (AvgIpc) is 1.88. The Balaban J connectivity index is 2.43. The standard InChI is InChI=1S/C6H12N2S2/c1-6-3-7(2)8(5-9)10-4-6/h5-6H,3-4H2,1-2H3. The number of nitrogens with zero attached hydrogens (tertiary/aromatic N) is 2. The van der Waals surface area contributed by atoms with Gasteiger partial charge in [-0.05, 0) is 17.9 Å². The molecule has 0 bridgehead atoms. The van der Waals surface area contributed by atoms with Crippen LogP contribution in [0.15, 0.2) is 0 Å². The summed E-state index contributed by atoms with van der Waals surface area (Å²) in [6, 6.07) is 0. The molecule has 0 spiro atoms. The van der Waals surface area contributed by atoms with E-state index in [1.54, 1.807) is 17.4 Å². The molecule has 10 heavy (non-hydrogen) atoms. The molecule has 4 heteroatoms. The normalized spacial score (nSPS) is 28.6. The van der Waals surface area contributed by atoms with Gasteiger partial charge in [-0.15, -0.1) is 0 Å². The molecule has 0 aromatic heterocycles. The fourth-order valence-corrected chi connectivity index (χ4v) is 2.18. The Labute approximate surface area is 71.7 Å². The third-order valence-corrected chi connectivity index (χ3v) is 3.19. The van der Waals surface area contributed by atoms with Crippen molar-refractivity contribution in [1.29, 1.82) is 0 Å². The van der Waals surface area contributed by atoms with Gasteiger partial charge in [-0.1, -0.05) is 19.1 Å². The monoisotopic (exact) mass is 176 g/mol. The van der Waals surface area contributed by atoms with Crippen LogP contribution in [-0.4, -0.2) is 34.3 Å². The molecular weight excluding hydrogens is 164 g/mol. The first kappa shape index (κ1) is 8.30. The molecule has 0 aliphatic carbocycles. The second-order valence-corrected chi connectivity index (χ2v) is 3.83. The smallest absolute Gasteiger partial charge is 0.0917 e. The van der Waals surface area contributed by atoms with Crippen LogP contribution in [0.25, 0.3) is 0 Å². The van der Waals surface area contributed by atoms with E-state index in [9.17, 15) is 0 Å². The number of hydrazine groups is 1. The van der Waals surface area contributed by atoms with Crippen LogP contribution in [0.2, 0.25) is 0 Å². The van der Waals surface area contributed by atoms with Gasteiger partial charge in [0.15, 0.2) is 0 Å². The van der Waals surface area contributed by atoms with Crippen LogP contribution in [0, 0.1) is 5.92 Å².